The fraction of sp³-hybridized carbons (Fsp3) is 0.231. The van der Waals surface area contributed by atoms with Crippen LogP contribution in [0.25, 0.3) is 0 Å². The highest BCUT2D eigenvalue weighted by atomic mass is 32.1. The molecule has 2 rings (SSSR count). The number of hydrogen-bond donors (Lipinski definition) is 2. The summed E-state index contributed by atoms with van der Waals surface area (Å²) in [6.07, 6.45) is 0.389. The molecular formula is C13H14N4O2S. The number of carbonyl (C=O) groups excluding carboxylic acids is 2. The molecule has 1 aromatic heterocycles. The molecule has 6 nitrogen and oxygen atoms in total. The molecule has 2 aromatic rings. The molecule has 0 radical (unpaired) electrons. The van der Waals surface area contributed by atoms with E-state index in [0.29, 0.717) is 22.8 Å². The van der Waals surface area contributed by atoms with Gasteiger partial charge in [-0.15, -0.1) is 10.2 Å². The molecule has 2 amide bonds. The molecule has 0 aliphatic rings. The van der Waals surface area contributed by atoms with Gasteiger partial charge >= 0.3 is 0 Å². The molecule has 0 aliphatic carbocycles. The highest BCUT2D eigenvalue weighted by Crippen LogP contribution is 2.16. The molecule has 104 valence electrons. The lowest BCUT2D eigenvalue weighted by Gasteiger charge is -2.06. The minimum absolute atomic E-state index is 0.0951. The largest absolute Gasteiger partial charge is 0.326 e. The van der Waals surface area contributed by atoms with Gasteiger partial charge < -0.3 is 5.32 Å². The molecule has 0 unspecified atom stereocenters. The molecule has 1 heterocycles. The third-order valence-corrected chi connectivity index (χ3v) is 3.23. The fourth-order valence-electron chi connectivity index (χ4n) is 1.50. The molecule has 0 aliphatic heterocycles. The van der Waals surface area contributed by atoms with Gasteiger partial charge in [0.05, 0.1) is 0 Å². The van der Waals surface area contributed by atoms with E-state index >= 15 is 0 Å². The molecular weight excluding hydrogens is 276 g/mol. The number of benzene rings is 1. The van der Waals surface area contributed by atoms with Crippen molar-refractivity contribution in [2.45, 2.75) is 20.3 Å². The highest BCUT2D eigenvalue weighted by Gasteiger charge is 2.10. The average Bonchev–Trinajstić information content (AvgIpc) is 2.84. The average molecular weight is 290 g/mol. The Balaban J connectivity index is 2.10. The number of amides is 2. The maximum absolute atomic E-state index is 12.0. The molecule has 2 N–H and O–H groups in total. The van der Waals surface area contributed by atoms with Gasteiger partial charge in [0, 0.05) is 17.7 Å². The number of nitrogens with one attached hydrogen (secondary N) is 2. The summed E-state index contributed by atoms with van der Waals surface area (Å²) in [6, 6.07) is 6.74. The Bertz CT molecular complexity index is 639. The monoisotopic (exact) mass is 290 g/mol. The standard InChI is InChI=1S/C13H14N4O2S/c1-3-11(18)14-10-6-4-5-9(7-10)12(19)15-13-17-16-8(2)20-13/h4-7H,3H2,1-2H3,(H,14,18)(H,15,17,19). The van der Waals surface area contributed by atoms with E-state index in [1.54, 1.807) is 31.2 Å². The predicted octanol–water partition coefficient (Wildman–Crippen LogP) is 2.45. The van der Waals surface area contributed by atoms with Crippen molar-refractivity contribution in [3.63, 3.8) is 0 Å². The van der Waals surface area contributed by atoms with Crippen LogP contribution in [0.4, 0.5) is 10.8 Å². The second-order valence-corrected chi connectivity index (χ2v) is 5.24. The summed E-state index contributed by atoms with van der Waals surface area (Å²) in [7, 11) is 0. The van der Waals surface area contributed by atoms with E-state index in [4.69, 9.17) is 0 Å². The van der Waals surface area contributed by atoms with Gasteiger partial charge in [-0.05, 0) is 25.1 Å². The van der Waals surface area contributed by atoms with E-state index in [1.807, 2.05) is 6.92 Å². The normalized spacial score (nSPS) is 10.1. The maximum Gasteiger partial charge on any atom is 0.257 e. The van der Waals surface area contributed by atoms with Crippen LogP contribution in [-0.2, 0) is 4.79 Å². The minimum atomic E-state index is -0.284. The molecule has 0 bridgehead atoms. The van der Waals surface area contributed by atoms with Crippen molar-refractivity contribution < 1.29 is 9.59 Å². The van der Waals surface area contributed by atoms with Gasteiger partial charge in [0.15, 0.2) is 0 Å². The molecule has 0 saturated carbocycles. The van der Waals surface area contributed by atoms with Crippen LogP contribution < -0.4 is 10.6 Å². The molecule has 0 atom stereocenters. The summed E-state index contributed by atoms with van der Waals surface area (Å²) >= 11 is 1.31. The first-order valence-corrected chi connectivity index (χ1v) is 6.91. The summed E-state index contributed by atoms with van der Waals surface area (Å²) in [6.45, 7) is 3.58. The summed E-state index contributed by atoms with van der Waals surface area (Å²) in [5.74, 6) is -0.379. The van der Waals surface area contributed by atoms with E-state index in [1.165, 1.54) is 11.3 Å². The van der Waals surface area contributed by atoms with Crippen LogP contribution in [0.15, 0.2) is 24.3 Å². The van der Waals surface area contributed by atoms with Gasteiger partial charge in [-0.3, -0.25) is 14.9 Å². The van der Waals surface area contributed by atoms with Crippen molar-refractivity contribution >= 4 is 34.0 Å². The molecule has 20 heavy (non-hydrogen) atoms. The SMILES string of the molecule is CCC(=O)Nc1cccc(C(=O)Nc2nnc(C)s2)c1. The van der Waals surface area contributed by atoms with Gasteiger partial charge in [-0.1, -0.05) is 24.3 Å². The molecule has 1 aromatic carbocycles. The molecule has 7 heteroatoms. The Kier molecular flexibility index (Phi) is 4.41. The number of carbonyl (C=O) groups is 2. The Labute approximate surface area is 120 Å². The topological polar surface area (TPSA) is 84.0 Å². The van der Waals surface area contributed by atoms with Crippen LogP contribution in [0.2, 0.25) is 0 Å². The first-order valence-electron chi connectivity index (χ1n) is 6.10. The van der Waals surface area contributed by atoms with Gasteiger partial charge in [-0.2, -0.15) is 0 Å². The number of rotatable bonds is 4. The van der Waals surface area contributed by atoms with Crippen molar-refractivity contribution in [1.82, 2.24) is 10.2 Å². The molecule has 0 fully saturated rings. The second-order valence-electron chi connectivity index (χ2n) is 4.06. The molecule has 0 saturated heterocycles. The van der Waals surface area contributed by atoms with Gasteiger partial charge in [0.2, 0.25) is 11.0 Å². The Hall–Kier alpha value is -2.28. The van der Waals surface area contributed by atoms with Crippen LogP contribution in [0.1, 0.15) is 28.7 Å². The lowest BCUT2D eigenvalue weighted by atomic mass is 10.2. The van der Waals surface area contributed by atoms with E-state index in [2.05, 4.69) is 20.8 Å². The van der Waals surface area contributed by atoms with E-state index in [9.17, 15) is 9.59 Å². The summed E-state index contributed by atoms with van der Waals surface area (Å²) in [4.78, 5) is 23.4. The summed E-state index contributed by atoms with van der Waals surface area (Å²) in [5.41, 5.74) is 1.05. The van der Waals surface area contributed by atoms with Crippen LogP contribution in [0.3, 0.4) is 0 Å². The minimum Gasteiger partial charge on any atom is -0.326 e. The number of anilines is 2. The zero-order chi connectivity index (χ0) is 14.5. The van der Waals surface area contributed by atoms with Gasteiger partial charge in [0.1, 0.15) is 5.01 Å². The van der Waals surface area contributed by atoms with Crippen molar-refractivity contribution in [3.8, 4) is 0 Å². The number of hydrogen-bond acceptors (Lipinski definition) is 5. The predicted molar refractivity (Wildman–Crippen MR) is 78.0 cm³/mol. The number of aromatic nitrogens is 2. The fourth-order valence-corrected chi connectivity index (χ4v) is 2.09. The zero-order valence-corrected chi connectivity index (χ0v) is 12.0. The van der Waals surface area contributed by atoms with Crippen LogP contribution in [-0.4, -0.2) is 22.0 Å². The van der Waals surface area contributed by atoms with Crippen molar-refractivity contribution in [1.29, 1.82) is 0 Å². The smallest absolute Gasteiger partial charge is 0.257 e. The first-order chi connectivity index (χ1) is 9.58. The third kappa shape index (κ3) is 3.61. The zero-order valence-electron chi connectivity index (χ0n) is 11.1. The lowest BCUT2D eigenvalue weighted by molar-refractivity contribution is -0.115. The first kappa shape index (κ1) is 14.1. The van der Waals surface area contributed by atoms with Gasteiger partial charge in [-0.25, -0.2) is 0 Å². The van der Waals surface area contributed by atoms with Crippen LogP contribution in [0, 0.1) is 6.92 Å². The van der Waals surface area contributed by atoms with Crippen molar-refractivity contribution in [2.24, 2.45) is 0 Å². The van der Waals surface area contributed by atoms with Crippen LogP contribution in [0.5, 0.6) is 0 Å². The third-order valence-electron chi connectivity index (χ3n) is 2.48. The van der Waals surface area contributed by atoms with Gasteiger partial charge in [0.25, 0.3) is 5.91 Å². The van der Waals surface area contributed by atoms with E-state index in [-0.39, 0.29) is 11.8 Å². The van der Waals surface area contributed by atoms with E-state index in [0.717, 1.165) is 5.01 Å². The number of nitrogens with zero attached hydrogens (tertiary/aromatic N) is 2. The highest BCUT2D eigenvalue weighted by molar-refractivity contribution is 7.15. The van der Waals surface area contributed by atoms with Crippen LogP contribution >= 0.6 is 11.3 Å². The summed E-state index contributed by atoms with van der Waals surface area (Å²) in [5, 5.41) is 14.3. The van der Waals surface area contributed by atoms with E-state index < -0.39 is 0 Å². The molecule has 0 spiro atoms. The Morgan fingerprint density at radius 3 is 2.70 bits per heavy atom. The Morgan fingerprint density at radius 2 is 2.05 bits per heavy atom. The maximum atomic E-state index is 12.0. The lowest BCUT2D eigenvalue weighted by Crippen LogP contribution is -2.13. The summed E-state index contributed by atoms with van der Waals surface area (Å²) < 4.78 is 0. The second kappa shape index (κ2) is 6.25. The Morgan fingerprint density at radius 1 is 1.25 bits per heavy atom. The van der Waals surface area contributed by atoms with Crippen molar-refractivity contribution in [2.75, 3.05) is 10.6 Å². The quantitative estimate of drug-likeness (QED) is 0.906. The number of aryl methyl sites for hydroxylation is 1. The van der Waals surface area contributed by atoms with Crippen molar-refractivity contribution in [3.05, 3.63) is 34.8 Å².